The quantitative estimate of drug-likeness (QED) is 0.864. The monoisotopic (exact) mass is 263 g/mol. The summed E-state index contributed by atoms with van der Waals surface area (Å²) in [5.41, 5.74) is 0. The first kappa shape index (κ1) is 11.5. The van der Waals surface area contributed by atoms with Gasteiger partial charge in [0.1, 0.15) is 11.6 Å². The minimum Gasteiger partial charge on any atom is -0.332 e. The zero-order valence-electron chi connectivity index (χ0n) is 9.88. The fourth-order valence-corrected chi connectivity index (χ4v) is 2.49. The van der Waals surface area contributed by atoms with Crippen LogP contribution in [0.1, 0.15) is 31.7 Å². The molecule has 0 radical (unpaired) electrons. The lowest BCUT2D eigenvalue weighted by Crippen LogP contribution is -2.01. The predicted octanol–water partition coefficient (Wildman–Crippen LogP) is 3.19. The van der Waals surface area contributed by atoms with Crippen LogP contribution in [0.25, 0.3) is 0 Å². The van der Waals surface area contributed by atoms with Crippen LogP contribution in [-0.4, -0.2) is 19.5 Å². The molecule has 3 rings (SSSR count). The van der Waals surface area contributed by atoms with Crippen molar-refractivity contribution < 1.29 is 0 Å². The summed E-state index contributed by atoms with van der Waals surface area (Å²) in [7, 11) is 0. The molecule has 2 aromatic heterocycles. The summed E-state index contributed by atoms with van der Waals surface area (Å²) < 4.78 is 2.18. The number of imidazole rings is 1. The van der Waals surface area contributed by atoms with Crippen LogP contribution >= 0.6 is 11.6 Å². The van der Waals surface area contributed by atoms with Crippen LogP contribution in [0.15, 0.2) is 24.8 Å². The molecule has 0 saturated heterocycles. The van der Waals surface area contributed by atoms with Crippen LogP contribution in [0, 0.1) is 0 Å². The molecule has 94 valence electrons. The zero-order chi connectivity index (χ0) is 12.4. The molecular weight excluding hydrogens is 250 g/mol. The van der Waals surface area contributed by atoms with Gasteiger partial charge in [-0.1, -0.05) is 12.8 Å². The Labute approximate surface area is 110 Å². The molecule has 18 heavy (non-hydrogen) atoms. The first-order chi connectivity index (χ1) is 8.81. The standard InChI is InChI=1S/C12H14ClN5/c13-12-14-6-5-10(17-12)16-11-7-18(8-15-11)9-3-1-2-4-9/h5-9H,1-4H2,(H,14,16,17). The van der Waals surface area contributed by atoms with E-state index in [0.29, 0.717) is 11.9 Å². The highest BCUT2D eigenvalue weighted by Crippen LogP contribution is 2.30. The van der Waals surface area contributed by atoms with E-state index in [2.05, 4.69) is 24.8 Å². The molecule has 0 amide bonds. The van der Waals surface area contributed by atoms with Crippen LogP contribution in [0.3, 0.4) is 0 Å². The van der Waals surface area contributed by atoms with Gasteiger partial charge in [-0.2, -0.15) is 0 Å². The first-order valence-corrected chi connectivity index (χ1v) is 6.48. The van der Waals surface area contributed by atoms with E-state index < -0.39 is 0 Å². The van der Waals surface area contributed by atoms with Gasteiger partial charge in [0.15, 0.2) is 0 Å². The molecule has 0 aliphatic heterocycles. The second kappa shape index (κ2) is 4.94. The predicted molar refractivity (Wildman–Crippen MR) is 70.1 cm³/mol. The molecule has 2 heterocycles. The molecule has 1 aliphatic rings. The minimum absolute atomic E-state index is 0.232. The van der Waals surface area contributed by atoms with Gasteiger partial charge < -0.3 is 9.88 Å². The van der Waals surface area contributed by atoms with Crippen molar-refractivity contribution in [3.63, 3.8) is 0 Å². The van der Waals surface area contributed by atoms with Crippen molar-refractivity contribution >= 4 is 23.2 Å². The number of nitrogens with zero attached hydrogens (tertiary/aromatic N) is 4. The zero-order valence-corrected chi connectivity index (χ0v) is 10.6. The molecule has 0 bridgehead atoms. The average molecular weight is 264 g/mol. The van der Waals surface area contributed by atoms with Gasteiger partial charge in [0.05, 0.1) is 6.33 Å². The maximum atomic E-state index is 5.73. The van der Waals surface area contributed by atoms with Crippen molar-refractivity contribution in [3.05, 3.63) is 30.1 Å². The van der Waals surface area contributed by atoms with Gasteiger partial charge in [-0.25, -0.2) is 15.0 Å². The van der Waals surface area contributed by atoms with E-state index in [1.165, 1.54) is 25.7 Å². The maximum Gasteiger partial charge on any atom is 0.224 e. The van der Waals surface area contributed by atoms with Gasteiger partial charge in [-0.05, 0) is 30.5 Å². The summed E-state index contributed by atoms with van der Waals surface area (Å²) in [6.45, 7) is 0. The van der Waals surface area contributed by atoms with Gasteiger partial charge in [-0.15, -0.1) is 0 Å². The third-order valence-electron chi connectivity index (χ3n) is 3.23. The van der Waals surface area contributed by atoms with Gasteiger partial charge in [0.25, 0.3) is 0 Å². The van der Waals surface area contributed by atoms with Crippen LogP contribution in [0.2, 0.25) is 5.28 Å². The number of hydrogen-bond donors (Lipinski definition) is 1. The lowest BCUT2D eigenvalue weighted by atomic mass is 10.2. The molecule has 5 nitrogen and oxygen atoms in total. The normalized spacial score (nSPS) is 16.1. The van der Waals surface area contributed by atoms with Crippen molar-refractivity contribution in [2.45, 2.75) is 31.7 Å². The lowest BCUT2D eigenvalue weighted by molar-refractivity contribution is 0.518. The van der Waals surface area contributed by atoms with Gasteiger partial charge >= 0.3 is 0 Å². The Kier molecular flexibility index (Phi) is 3.15. The van der Waals surface area contributed by atoms with E-state index >= 15 is 0 Å². The van der Waals surface area contributed by atoms with Crippen LogP contribution < -0.4 is 5.32 Å². The van der Waals surface area contributed by atoms with E-state index in [0.717, 1.165) is 5.82 Å². The molecule has 0 aromatic carbocycles. The number of rotatable bonds is 3. The SMILES string of the molecule is Clc1nccc(Nc2cn(C3CCCC3)cn2)n1. The second-order valence-corrected chi connectivity index (χ2v) is 4.82. The van der Waals surface area contributed by atoms with E-state index in [1.807, 2.05) is 12.5 Å². The highest BCUT2D eigenvalue weighted by molar-refractivity contribution is 6.28. The third kappa shape index (κ3) is 2.46. The maximum absolute atomic E-state index is 5.73. The largest absolute Gasteiger partial charge is 0.332 e. The Balaban J connectivity index is 1.73. The molecule has 0 unspecified atom stereocenters. The molecule has 1 N–H and O–H groups in total. The first-order valence-electron chi connectivity index (χ1n) is 6.10. The number of aromatic nitrogens is 4. The van der Waals surface area contributed by atoms with Gasteiger partial charge in [-0.3, -0.25) is 0 Å². The number of anilines is 2. The Morgan fingerprint density at radius 2 is 2.06 bits per heavy atom. The highest BCUT2D eigenvalue weighted by Gasteiger charge is 2.16. The number of nitrogens with one attached hydrogen (secondary N) is 1. The van der Waals surface area contributed by atoms with Crippen molar-refractivity contribution in [2.75, 3.05) is 5.32 Å². The van der Waals surface area contributed by atoms with Crippen LogP contribution in [-0.2, 0) is 0 Å². The van der Waals surface area contributed by atoms with Crippen LogP contribution in [0.4, 0.5) is 11.6 Å². The molecule has 1 saturated carbocycles. The Morgan fingerprint density at radius 3 is 2.83 bits per heavy atom. The van der Waals surface area contributed by atoms with Crippen molar-refractivity contribution in [3.8, 4) is 0 Å². The summed E-state index contributed by atoms with van der Waals surface area (Å²) in [5, 5.41) is 3.35. The Hall–Kier alpha value is -1.62. The van der Waals surface area contributed by atoms with E-state index in [-0.39, 0.29) is 5.28 Å². The summed E-state index contributed by atoms with van der Waals surface area (Å²) >= 11 is 5.73. The number of halogens is 1. The van der Waals surface area contributed by atoms with Crippen molar-refractivity contribution in [2.24, 2.45) is 0 Å². The van der Waals surface area contributed by atoms with Crippen LogP contribution in [0.5, 0.6) is 0 Å². The molecule has 0 atom stereocenters. The summed E-state index contributed by atoms with van der Waals surface area (Å²) in [4.78, 5) is 12.2. The average Bonchev–Trinajstić information content (AvgIpc) is 2.98. The Bertz CT molecular complexity index is 533. The molecular formula is C12H14ClN5. The van der Waals surface area contributed by atoms with E-state index in [4.69, 9.17) is 11.6 Å². The molecule has 0 spiro atoms. The minimum atomic E-state index is 0.232. The smallest absolute Gasteiger partial charge is 0.224 e. The van der Waals surface area contributed by atoms with Crippen molar-refractivity contribution in [1.82, 2.24) is 19.5 Å². The lowest BCUT2D eigenvalue weighted by Gasteiger charge is -2.09. The third-order valence-corrected chi connectivity index (χ3v) is 3.41. The second-order valence-electron chi connectivity index (χ2n) is 4.48. The molecule has 1 fully saturated rings. The van der Waals surface area contributed by atoms with E-state index in [9.17, 15) is 0 Å². The molecule has 2 aromatic rings. The molecule has 6 heteroatoms. The topological polar surface area (TPSA) is 55.6 Å². The fraction of sp³-hybridized carbons (Fsp3) is 0.417. The summed E-state index contributed by atoms with van der Waals surface area (Å²) in [6, 6.07) is 2.36. The van der Waals surface area contributed by atoms with E-state index in [1.54, 1.807) is 12.3 Å². The van der Waals surface area contributed by atoms with Crippen molar-refractivity contribution in [1.29, 1.82) is 0 Å². The summed E-state index contributed by atoms with van der Waals surface area (Å²) in [5.74, 6) is 1.45. The fourth-order valence-electron chi connectivity index (χ4n) is 2.34. The highest BCUT2D eigenvalue weighted by atomic mass is 35.5. The summed E-state index contributed by atoms with van der Waals surface area (Å²) in [6.07, 6.45) is 10.6. The molecule has 1 aliphatic carbocycles. The van der Waals surface area contributed by atoms with Gasteiger partial charge in [0.2, 0.25) is 5.28 Å². The Morgan fingerprint density at radius 1 is 1.22 bits per heavy atom. The number of hydrogen-bond acceptors (Lipinski definition) is 4. The van der Waals surface area contributed by atoms with Gasteiger partial charge in [0, 0.05) is 18.4 Å².